The lowest BCUT2D eigenvalue weighted by molar-refractivity contribution is -0.131. The molecule has 0 unspecified atom stereocenters. The van der Waals surface area contributed by atoms with Crippen LogP contribution >= 0.6 is 0 Å². The standard InChI is InChI=1S/C41H40N10O3/c42-40-35(24-33(44-46-40)31-10-4-6-12-37(31)52)49-20-18-48(19-21-49)29-14-16-30(17-15-29)54-38-13-7-5-11-32(38)34-25-36(41(43)47-45-34)50-22-23-51(39(53)27-50)26-28-8-2-1-3-9-28/h1-17,24-25,52H,18-23,26-27H2,(H2,42,46)(H2,43,47). The van der Waals surface area contributed by atoms with E-state index in [-0.39, 0.29) is 24.0 Å². The smallest absolute Gasteiger partial charge is 0.242 e. The van der Waals surface area contributed by atoms with Crippen LogP contribution in [0.5, 0.6) is 17.2 Å². The normalized spacial score (nSPS) is 14.7. The van der Waals surface area contributed by atoms with Gasteiger partial charge in [-0.05, 0) is 66.2 Å². The minimum Gasteiger partial charge on any atom is -0.507 e. The van der Waals surface area contributed by atoms with Crippen LogP contribution in [0.15, 0.2) is 115 Å². The Morgan fingerprint density at radius 2 is 1.19 bits per heavy atom. The molecule has 1 amide bonds. The van der Waals surface area contributed by atoms with Gasteiger partial charge in [0, 0.05) is 62.6 Å². The molecule has 13 nitrogen and oxygen atoms in total. The van der Waals surface area contributed by atoms with Gasteiger partial charge in [-0.15, -0.1) is 20.4 Å². The molecule has 0 aliphatic carbocycles. The quantitative estimate of drug-likeness (QED) is 0.174. The number of aromatic hydroxyl groups is 1. The number of rotatable bonds is 9. The summed E-state index contributed by atoms with van der Waals surface area (Å²) in [5.74, 6) is 2.12. The van der Waals surface area contributed by atoms with Gasteiger partial charge in [0.1, 0.15) is 17.2 Å². The number of nitrogens with two attached hydrogens (primary N) is 2. The van der Waals surface area contributed by atoms with E-state index in [9.17, 15) is 9.90 Å². The van der Waals surface area contributed by atoms with E-state index in [1.165, 1.54) is 0 Å². The fourth-order valence-corrected chi connectivity index (χ4v) is 6.95. The largest absolute Gasteiger partial charge is 0.507 e. The number of phenolic OH excluding ortho intramolecular Hbond substituents is 1. The van der Waals surface area contributed by atoms with Crippen LogP contribution in [-0.2, 0) is 11.3 Å². The van der Waals surface area contributed by atoms with Gasteiger partial charge >= 0.3 is 0 Å². The molecular formula is C41H40N10O3. The summed E-state index contributed by atoms with van der Waals surface area (Å²) in [6, 6.07) is 36.6. The van der Waals surface area contributed by atoms with Gasteiger partial charge in [0.05, 0.1) is 29.3 Å². The van der Waals surface area contributed by atoms with Crippen LogP contribution in [-0.4, -0.2) is 82.1 Å². The number of anilines is 5. The molecule has 2 aromatic heterocycles. The number of nitrogens with zero attached hydrogens (tertiary/aromatic N) is 8. The zero-order valence-corrected chi connectivity index (χ0v) is 29.6. The predicted molar refractivity (Wildman–Crippen MR) is 210 cm³/mol. The Labute approximate surface area is 313 Å². The molecule has 6 aromatic rings. The lowest BCUT2D eigenvalue weighted by Gasteiger charge is -2.37. The highest BCUT2D eigenvalue weighted by Crippen LogP contribution is 2.36. The first-order valence-electron chi connectivity index (χ1n) is 17.9. The number of ether oxygens (including phenoxy) is 1. The van der Waals surface area contributed by atoms with E-state index < -0.39 is 0 Å². The lowest BCUT2D eigenvalue weighted by atomic mass is 10.1. The average molecular weight is 721 g/mol. The van der Waals surface area contributed by atoms with Gasteiger partial charge in [0.25, 0.3) is 0 Å². The highest BCUT2D eigenvalue weighted by molar-refractivity contribution is 5.85. The molecule has 54 heavy (non-hydrogen) atoms. The van der Waals surface area contributed by atoms with Gasteiger partial charge in [-0.1, -0.05) is 54.6 Å². The second kappa shape index (κ2) is 15.0. The Hall–Kier alpha value is -6.89. The second-order valence-corrected chi connectivity index (χ2v) is 13.3. The number of amides is 1. The van der Waals surface area contributed by atoms with Crippen molar-refractivity contribution in [3.05, 3.63) is 121 Å². The number of para-hydroxylation sites is 2. The molecule has 272 valence electrons. The van der Waals surface area contributed by atoms with E-state index in [1.54, 1.807) is 12.1 Å². The monoisotopic (exact) mass is 720 g/mol. The van der Waals surface area contributed by atoms with Crippen LogP contribution in [0.25, 0.3) is 22.5 Å². The topological polar surface area (TPSA) is 163 Å². The fourth-order valence-electron chi connectivity index (χ4n) is 6.95. The molecule has 0 spiro atoms. The van der Waals surface area contributed by atoms with E-state index in [1.807, 2.05) is 101 Å². The van der Waals surface area contributed by atoms with Crippen LogP contribution < -0.4 is 30.9 Å². The summed E-state index contributed by atoms with van der Waals surface area (Å²) in [6.45, 7) is 5.03. The van der Waals surface area contributed by atoms with Crippen LogP contribution in [0.3, 0.4) is 0 Å². The van der Waals surface area contributed by atoms with Crippen molar-refractivity contribution in [2.24, 2.45) is 0 Å². The van der Waals surface area contributed by atoms with Crippen molar-refractivity contribution in [2.75, 3.05) is 72.0 Å². The lowest BCUT2D eigenvalue weighted by Crippen LogP contribution is -2.50. The number of nitrogen functional groups attached to an aromatic ring is 2. The maximum Gasteiger partial charge on any atom is 0.242 e. The summed E-state index contributed by atoms with van der Waals surface area (Å²) in [5.41, 5.74) is 18.8. The molecule has 0 saturated carbocycles. The van der Waals surface area contributed by atoms with Crippen molar-refractivity contribution in [3.63, 3.8) is 0 Å². The summed E-state index contributed by atoms with van der Waals surface area (Å²) < 4.78 is 6.41. The molecule has 0 bridgehead atoms. The maximum atomic E-state index is 13.1. The van der Waals surface area contributed by atoms with Gasteiger partial charge in [-0.3, -0.25) is 4.79 Å². The minimum absolute atomic E-state index is 0.0343. The number of hydrogen-bond acceptors (Lipinski definition) is 12. The Morgan fingerprint density at radius 1 is 0.611 bits per heavy atom. The van der Waals surface area contributed by atoms with Gasteiger partial charge in [-0.2, -0.15) is 0 Å². The Balaban J connectivity index is 0.919. The first kappa shape index (κ1) is 34.2. The van der Waals surface area contributed by atoms with Crippen molar-refractivity contribution < 1.29 is 14.6 Å². The summed E-state index contributed by atoms with van der Waals surface area (Å²) in [7, 11) is 0. The van der Waals surface area contributed by atoms with Gasteiger partial charge in [0.15, 0.2) is 11.6 Å². The third-order valence-electron chi connectivity index (χ3n) is 9.87. The number of hydrogen-bond donors (Lipinski definition) is 3. The van der Waals surface area contributed by atoms with Crippen LogP contribution in [0, 0.1) is 0 Å². The minimum atomic E-state index is 0.0343. The summed E-state index contributed by atoms with van der Waals surface area (Å²) >= 11 is 0. The van der Waals surface area contributed by atoms with Crippen molar-refractivity contribution >= 4 is 34.6 Å². The first-order chi connectivity index (χ1) is 26.4. The van der Waals surface area contributed by atoms with E-state index in [4.69, 9.17) is 16.2 Å². The number of carbonyl (C=O) groups is 1. The number of carbonyl (C=O) groups excluding carboxylic acids is 1. The molecule has 0 atom stereocenters. The second-order valence-electron chi connectivity index (χ2n) is 13.3. The maximum absolute atomic E-state index is 13.1. The third kappa shape index (κ3) is 7.24. The van der Waals surface area contributed by atoms with Crippen LogP contribution in [0.4, 0.5) is 28.7 Å². The van der Waals surface area contributed by atoms with Crippen molar-refractivity contribution in [2.45, 2.75) is 6.54 Å². The van der Waals surface area contributed by atoms with Crippen molar-refractivity contribution in [1.82, 2.24) is 25.3 Å². The number of benzene rings is 4. The summed E-state index contributed by atoms with van der Waals surface area (Å²) in [5, 5.41) is 27.4. The molecule has 2 saturated heterocycles. The number of phenols is 1. The zero-order valence-electron chi connectivity index (χ0n) is 29.6. The molecule has 8 rings (SSSR count). The SMILES string of the molecule is Nc1nnc(-c2ccccc2O)cc1N1CCN(c2ccc(Oc3ccccc3-c3cc(N4CCN(Cc5ccccc5)C(=O)C4)c(N)nn3)cc2)CC1. The number of piperazine rings is 2. The molecule has 2 fully saturated rings. The average Bonchev–Trinajstić information content (AvgIpc) is 3.20. The van der Waals surface area contributed by atoms with E-state index in [0.29, 0.717) is 59.6 Å². The Bertz CT molecular complexity index is 2260. The molecular weight excluding hydrogens is 681 g/mol. The summed E-state index contributed by atoms with van der Waals surface area (Å²) in [6.07, 6.45) is 0. The molecule has 4 aromatic carbocycles. The van der Waals surface area contributed by atoms with E-state index >= 15 is 0 Å². The van der Waals surface area contributed by atoms with Gasteiger partial charge < -0.3 is 40.9 Å². The molecule has 2 aliphatic rings. The highest BCUT2D eigenvalue weighted by Gasteiger charge is 2.27. The van der Waals surface area contributed by atoms with Gasteiger partial charge in [-0.25, -0.2) is 0 Å². The van der Waals surface area contributed by atoms with Gasteiger partial charge in [0.2, 0.25) is 5.91 Å². The Kier molecular flexibility index (Phi) is 9.50. The van der Waals surface area contributed by atoms with E-state index in [0.717, 1.165) is 48.7 Å². The molecule has 2 aliphatic heterocycles. The summed E-state index contributed by atoms with van der Waals surface area (Å²) in [4.78, 5) is 21.5. The molecule has 4 heterocycles. The number of aromatic nitrogens is 4. The first-order valence-corrected chi connectivity index (χ1v) is 17.9. The molecule has 0 radical (unpaired) electrons. The highest BCUT2D eigenvalue weighted by atomic mass is 16.5. The third-order valence-corrected chi connectivity index (χ3v) is 9.87. The molecule has 5 N–H and O–H groups in total. The van der Waals surface area contributed by atoms with E-state index in [2.05, 4.69) is 42.3 Å². The van der Waals surface area contributed by atoms with Crippen LogP contribution in [0.2, 0.25) is 0 Å². The van der Waals surface area contributed by atoms with Crippen LogP contribution in [0.1, 0.15) is 5.56 Å². The fraction of sp³-hybridized carbons (Fsp3) is 0.195. The van der Waals surface area contributed by atoms with Crippen molar-refractivity contribution in [1.29, 1.82) is 0 Å². The van der Waals surface area contributed by atoms with Crippen molar-refractivity contribution in [3.8, 4) is 39.8 Å². The Morgan fingerprint density at radius 3 is 1.87 bits per heavy atom. The zero-order chi connectivity index (χ0) is 37.0. The molecule has 13 heteroatoms. The predicted octanol–water partition coefficient (Wildman–Crippen LogP) is 5.44.